The van der Waals surface area contributed by atoms with Crippen molar-refractivity contribution in [2.75, 3.05) is 27.2 Å². The van der Waals surface area contributed by atoms with Gasteiger partial charge in [0.1, 0.15) is 0 Å². The fourth-order valence-corrected chi connectivity index (χ4v) is 4.24. The number of likely N-dealkylation sites (tertiary alicyclic amines) is 1. The first-order valence-electron chi connectivity index (χ1n) is 7.17. The summed E-state index contributed by atoms with van der Waals surface area (Å²) < 4.78 is 31.9. The highest BCUT2D eigenvalue weighted by Crippen LogP contribution is 2.24. The molecule has 0 spiro atoms. The molecule has 1 aliphatic heterocycles. The molecular formula is C14H19N3O4S. The molecule has 1 N–H and O–H groups in total. The molecule has 2 heterocycles. The van der Waals surface area contributed by atoms with Gasteiger partial charge in [-0.25, -0.2) is 13.2 Å². The summed E-state index contributed by atoms with van der Waals surface area (Å²) >= 11 is 0. The maximum absolute atomic E-state index is 12.7. The molecule has 0 amide bonds. The highest BCUT2D eigenvalue weighted by Gasteiger charge is 2.30. The number of piperidine rings is 1. The molecule has 0 bridgehead atoms. The van der Waals surface area contributed by atoms with Gasteiger partial charge in [0.15, 0.2) is 5.58 Å². The second-order valence-corrected chi connectivity index (χ2v) is 7.73. The van der Waals surface area contributed by atoms with E-state index in [9.17, 15) is 13.2 Å². The molecule has 7 nitrogen and oxygen atoms in total. The van der Waals surface area contributed by atoms with Crippen LogP contribution in [0, 0.1) is 0 Å². The van der Waals surface area contributed by atoms with Gasteiger partial charge in [-0.1, -0.05) is 0 Å². The number of sulfonamides is 1. The van der Waals surface area contributed by atoms with E-state index >= 15 is 0 Å². The number of benzene rings is 1. The molecular weight excluding hydrogens is 306 g/mol. The Labute approximate surface area is 128 Å². The van der Waals surface area contributed by atoms with Gasteiger partial charge in [0.2, 0.25) is 10.0 Å². The van der Waals surface area contributed by atoms with Crippen molar-refractivity contribution in [3.05, 3.63) is 28.7 Å². The molecule has 1 aliphatic rings. The van der Waals surface area contributed by atoms with E-state index in [1.807, 2.05) is 7.05 Å². The van der Waals surface area contributed by atoms with Crippen molar-refractivity contribution in [2.24, 2.45) is 0 Å². The molecule has 1 aromatic heterocycles. The second kappa shape index (κ2) is 5.53. The van der Waals surface area contributed by atoms with Crippen LogP contribution in [0.25, 0.3) is 11.1 Å². The summed E-state index contributed by atoms with van der Waals surface area (Å²) in [4.78, 5) is 16.0. The van der Waals surface area contributed by atoms with E-state index in [2.05, 4.69) is 9.88 Å². The minimum atomic E-state index is -3.60. The van der Waals surface area contributed by atoms with Gasteiger partial charge in [-0.05, 0) is 45.1 Å². The predicted molar refractivity (Wildman–Crippen MR) is 82.3 cm³/mol. The highest BCUT2D eigenvalue weighted by atomic mass is 32.2. The van der Waals surface area contributed by atoms with Gasteiger partial charge in [0.25, 0.3) is 0 Å². The lowest BCUT2D eigenvalue weighted by atomic mass is 10.1. The van der Waals surface area contributed by atoms with Crippen LogP contribution in [0.4, 0.5) is 0 Å². The highest BCUT2D eigenvalue weighted by molar-refractivity contribution is 7.89. The monoisotopic (exact) mass is 325 g/mol. The number of nitrogens with one attached hydrogen (secondary N) is 1. The van der Waals surface area contributed by atoms with Crippen molar-refractivity contribution in [1.82, 2.24) is 14.2 Å². The third-order valence-electron chi connectivity index (χ3n) is 4.27. The first-order chi connectivity index (χ1) is 10.4. The Balaban J connectivity index is 1.91. The molecule has 2 aromatic rings. The summed E-state index contributed by atoms with van der Waals surface area (Å²) in [6, 6.07) is 4.44. The molecule has 0 radical (unpaired) electrons. The third kappa shape index (κ3) is 2.69. The summed E-state index contributed by atoms with van der Waals surface area (Å²) in [5.74, 6) is -0.590. The zero-order chi connectivity index (χ0) is 15.9. The van der Waals surface area contributed by atoms with Crippen molar-refractivity contribution < 1.29 is 12.8 Å². The molecule has 0 saturated carbocycles. The van der Waals surface area contributed by atoms with E-state index in [1.54, 1.807) is 13.1 Å². The van der Waals surface area contributed by atoms with E-state index in [0.717, 1.165) is 25.9 Å². The summed E-state index contributed by atoms with van der Waals surface area (Å²) in [6.07, 6.45) is 1.63. The minimum Gasteiger partial charge on any atom is -0.408 e. The average molecular weight is 325 g/mol. The lowest BCUT2D eigenvalue weighted by molar-refractivity contribution is 0.197. The Morgan fingerprint density at radius 2 is 2.00 bits per heavy atom. The standard InChI is InChI=1S/C14H19N3O4S/c1-16-7-5-10(6-8-16)17(2)22(19,20)11-3-4-12-13(9-11)21-14(18)15-12/h3-4,9-10H,5-8H2,1-2H3,(H,15,18). The summed E-state index contributed by atoms with van der Waals surface area (Å²) in [6.45, 7) is 1.77. The van der Waals surface area contributed by atoms with Crippen LogP contribution in [-0.4, -0.2) is 55.8 Å². The van der Waals surface area contributed by atoms with Crippen LogP contribution in [0.3, 0.4) is 0 Å². The summed E-state index contributed by atoms with van der Waals surface area (Å²) in [5, 5.41) is 0. The molecule has 8 heteroatoms. The van der Waals surface area contributed by atoms with Crippen molar-refractivity contribution in [2.45, 2.75) is 23.8 Å². The maximum Gasteiger partial charge on any atom is 0.417 e. The predicted octanol–water partition coefficient (Wildman–Crippen LogP) is 0.836. The van der Waals surface area contributed by atoms with Crippen molar-refractivity contribution in [3.63, 3.8) is 0 Å². The Kier molecular flexibility index (Phi) is 3.84. The molecule has 22 heavy (non-hydrogen) atoms. The number of aromatic nitrogens is 1. The number of rotatable bonds is 3. The first-order valence-corrected chi connectivity index (χ1v) is 8.61. The summed E-state index contributed by atoms with van der Waals surface area (Å²) in [5.41, 5.74) is 0.744. The Morgan fingerprint density at radius 3 is 2.68 bits per heavy atom. The molecule has 0 atom stereocenters. The molecule has 1 aromatic carbocycles. The first kappa shape index (κ1) is 15.3. The summed E-state index contributed by atoms with van der Waals surface area (Å²) in [7, 11) is 0.0488. The van der Waals surface area contributed by atoms with Crippen LogP contribution >= 0.6 is 0 Å². The van der Waals surface area contributed by atoms with Gasteiger partial charge in [0.05, 0.1) is 10.4 Å². The fraction of sp³-hybridized carbons (Fsp3) is 0.500. The quantitative estimate of drug-likeness (QED) is 0.903. The Hall–Kier alpha value is -1.64. The fourth-order valence-electron chi connectivity index (χ4n) is 2.81. The van der Waals surface area contributed by atoms with Gasteiger partial charge >= 0.3 is 5.76 Å². The Bertz CT molecular complexity index is 831. The van der Waals surface area contributed by atoms with Crippen LogP contribution in [0.5, 0.6) is 0 Å². The third-order valence-corrected chi connectivity index (χ3v) is 6.18. The SMILES string of the molecule is CN1CCC(N(C)S(=O)(=O)c2ccc3[nH]c(=O)oc3c2)CC1. The minimum absolute atomic E-state index is 0.00451. The van der Waals surface area contributed by atoms with Gasteiger partial charge in [-0.3, -0.25) is 4.98 Å². The zero-order valence-corrected chi connectivity index (χ0v) is 13.4. The normalized spacial score (nSPS) is 18.3. The van der Waals surface area contributed by atoms with E-state index in [1.165, 1.54) is 16.4 Å². The number of hydrogen-bond acceptors (Lipinski definition) is 5. The lowest BCUT2D eigenvalue weighted by Gasteiger charge is -2.34. The van der Waals surface area contributed by atoms with Crippen molar-refractivity contribution in [1.29, 1.82) is 0 Å². The van der Waals surface area contributed by atoms with Crippen LogP contribution < -0.4 is 5.76 Å². The van der Waals surface area contributed by atoms with Crippen LogP contribution in [0.15, 0.2) is 32.3 Å². The second-order valence-electron chi connectivity index (χ2n) is 5.73. The molecule has 1 saturated heterocycles. The Morgan fingerprint density at radius 1 is 1.32 bits per heavy atom. The number of H-pyrrole nitrogens is 1. The number of oxazole rings is 1. The number of fused-ring (bicyclic) bond motifs is 1. The zero-order valence-electron chi connectivity index (χ0n) is 12.6. The van der Waals surface area contributed by atoms with Gasteiger partial charge in [0, 0.05) is 19.2 Å². The van der Waals surface area contributed by atoms with Crippen molar-refractivity contribution >= 4 is 21.1 Å². The lowest BCUT2D eigenvalue weighted by Crippen LogP contribution is -2.44. The topological polar surface area (TPSA) is 86.6 Å². The molecule has 0 unspecified atom stereocenters. The molecule has 0 aliphatic carbocycles. The van der Waals surface area contributed by atoms with Crippen molar-refractivity contribution in [3.8, 4) is 0 Å². The van der Waals surface area contributed by atoms with E-state index in [-0.39, 0.29) is 16.5 Å². The van der Waals surface area contributed by atoms with E-state index in [0.29, 0.717) is 5.52 Å². The van der Waals surface area contributed by atoms with Crippen LogP contribution in [0.1, 0.15) is 12.8 Å². The van der Waals surface area contributed by atoms with Gasteiger partial charge < -0.3 is 9.32 Å². The number of nitrogens with zero attached hydrogens (tertiary/aromatic N) is 2. The smallest absolute Gasteiger partial charge is 0.408 e. The average Bonchev–Trinajstić information content (AvgIpc) is 2.86. The maximum atomic E-state index is 12.7. The van der Waals surface area contributed by atoms with E-state index in [4.69, 9.17) is 4.42 Å². The van der Waals surface area contributed by atoms with Gasteiger partial charge in [-0.15, -0.1) is 0 Å². The number of aromatic amines is 1. The van der Waals surface area contributed by atoms with E-state index < -0.39 is 15.8 Å². The molecule has 120 valence electrons. The largest absolute Gasteiger partial charge is 0.417 e. The molecule has 3 rings (SSSR count). The molecule has 1 fully saturated rings. The number of hydrogen-bond donors (Lipinski definition) is 1. The van der Waals surface area contributed by atoms with Crippen LogP contribution in [-0.2, 0) is 10.0 Å². The van der Waals surface area contributed by atoms with Crippen LogP contribution in [0.2, 0.25) is 0 Å². The van der Waals surface area contributed by atoms with Gasteiger partial charge in [-0.2, -0.15) is 4.31 Å².